The van der Waals surface area contributed by atoms with E-state index in [4.69, 9.17) is 5.14 Å². The molecule has 1 aliphatic rings. The molecule has 0 heterocycles. The third-order valence-corrected chi connectivity index (χ3v) is 4.67. The van der Waals surface area contributed by atoms with Crippen LogP contribution >= 0.6 is 0 Å². The van der Waals surface area contributed by atoms with Crippen LogP contribution in [0, 0.1) is 5.41 Å². The minimum atomic E-state index is -3.64. The van der Waals surface area contributed by atoms with Gasteiger partial charge >= 0.3 is 0 Å². The standard InChI is InChI=1S/C12H18N2O3S/c1-12(2)10(7-11(12)15)14-8-3-5-9(6-4-8)18(13,16)17/h3-6,10-11,14-15H,7H2,1-2H3,(H2,13,16,17). The molecule has 18 heavy (non-hydrogen) atoms. The zero-order valence-corrected chi connectivity index (χ0v) is 11.2. The van der Waals surface area contributed by atoms with E-state index in [2.05, 4.69) is 5.32 Å². The van der Waals surface area contributed by atoms with Gasteiger partial charge in [-0.05, 0) is 30.7 Å². The van der Waals surface area contributed by atoms with Gasteiger partial charge in [0.15, 0.2) is 0 Å². The van der Waals surface area contributed by atoms with Gasteiger partial charge in [-0.2, -0.15) is 0 Å². The van der Waals surface area contributed by atoms with Crippen LogP contribution in [0.2, 0.25) is 0 Å². The van der Waals surface area contributed by atoms with Crippen LogP contribution in [-0.4, -0.2) is 25.7 Å². The highest BCUT2D eigenvalue weighted by Crippen LogP contribution is 2.42. The van der Waals surface area contributed by atoms with Gasteiger partial charge in [0.25, 0.3) is 0 Å². The van der Waals surface area contributed by atoms with Crippen LogP contribution in [0.15, 0.2) is 29.2 Å². The molecule has 5 nitrogen and oxygen atoms in total. The van der Waals surface area contributed by atoms with Crippen LogP contribution in [-0.2, 0) is 10.0 Å². The molecular weight excluding hydrogens is 252 g/mol. The summed E-state index contributed by atoms with van der Waals surface area (Å²) in [5.74, 6) is 0. The van der Waals surface area contributed by atoms with Gasteiger partial charge in [-0.1, -0.05) is 13.8 Å². The molecule has 0 saturated heterocycles. The minimum Gasteiger partial charge on any atom is -0.392 e. The van der Waals surface area contributed by atoms with Crippen LogP contribution in [0.4, 0.5) is 5.69 Å². The van der Waals surface area contributed by atoms with Gasteiger partial charge in [-0.3, -0.25) is 0 Å². The lowest BCUT2D eigenvalue weighted by Crippen LogP contribution is -2.56. The number of aliphatic hydroxyl groups excluding tert-OH is 1. The Hall–Kier alpha value is -1.11. The molecule has 1 aromatic rings. The lowest BCUT2D eigenvalue weighted by Gasteiger charge is -2.49. The van der Waals surface area contributed by atoms with E-state index in [1.54, 1.807) is 12.1 Å². The Bertz CT molecular complexity index is 537. The first-order valence-electron chi connectivity index (χ1n) is 5.79. The topological polar surface area (TPSA) is 92.4 Å². The number of anilines is 1. The number of sulfonamides is 1. The summed E-state index contributed by atoms with van der Waals surface area (Å²) in [5.41, 5.74) is 0.658. The molecule has 1 saturated carbocycles. The van der Waals surface area contributed by atoms with Crippen molar-refractivity contribution in [2.24, 2.45) is 10.6 Å². The second kappa shape index (κ2) is 4.22. The molecule has 2 rings (SSSR count). The van der Waals surface area contributed by atoms with E-state index < -0.39 is 10.0 Å². The van der Waals surface area contributed by atoms with E-state index in [0.717, 1.165) is 5.69 Å². The Kier molecular flexibility index (Phi) is 3.12. The fraction of sp³-hybridized carbons (Fsp3) is 0.500. The lowest BCUT2D eigenvalue weighted by molar-refractivity contribution is -0.0510. The van der Waals surface area contributed by atoms with E-state index in [9.17, 15) is 13.5 Å². The SMILES string of the molecule is CC1(C)C(O)CC1Nc1ccc(S(N)(=O)=O)cc1. The van der Waals surface area contributed by atoms with Crippen LogP contribution in [0.25, 0.3) is 0 Å². The van der Waals surface area contributed by atoms with Crippen molar-refractivity contribution in [2.45, 2.75) is 37.3 Å². The summed E-state index contributed by atoms with van der Waals surface area (Å²) in [6.45, 7) is 4.00. The Morgan fingerprint density at radius 1 is 1.33 bits per heavy atom. The van der Waals surface area contributed by atoms with Crippen molar-refractivity contribution in [3.8, 4) is 0 Å². The predicted octanol–water partition coefficient (Wildman–Crippen LogP) is 0.905. The van der Waals surface area contributed by atoms with Crippen molar-refractivity contribution in [1.29, 1.82) is 0 Å². The third-order valence-electron chi connectivity index (χ3n) is 3.74. The van der Waals surface area contributed by atoms with E-state index in [-0.39, 0.29) is 22.5 Å². The van der Waals surface area contributed by atoms with Gasteiger partial charge < -0.3 is 10.4 Å². The fourth-order valence-corrected chi connectivity index (χ4v) is 2.60. The molecule has 2 unspecified atom stereocenters. The van der Waals surface area contributed by atoms with E-state index in [1.807, 2.05) is 13.8 Å². The number of aliphatic hydroxyl groups is 1. The molecular formula is C12H18N2O3S. The summed E-state index contributed by atoms with van der Waals surface area (Å²) in [7, 11) is -3.64. The van der Waals surface area contributed by atoms with E-state index >= 15 is 0 Å². The molecule has 0 aliphatic heterocycles. The first-order valence-corrected chi connectivity index (χ1v) is 7.33. The number of hydrogen-bond acceptors (Lipinski definition) is 4. The molecule has 1 aromatic carbocycles. The third kappa shape index (κ3) is 2.36. The number of primary sulfonamides is 1. The molecule has 1 fully saturated rings. The average Bonchev–Trinajstić information content (AvgIpc) is 2.28. The highest BCUT2D eigenvalue weighted by Gasteiger charge is 2.47. The maximum absolute atomic E-state index is 11.1. The average molecular weight is 270 g/mol. The normalized spacial score (nSPS) is 26.4. The number of hydrogen-bond donors (Lipinski definition) is 3. The van der Waals surface area contributed by atoms with Gasteiger partial charge in [-0.25, -0.2) is 13.6 Å². The zero-order valence-electron chi connectivity index (χ0n) is 10.4. The van der Waals surface area contributed by atoms with Gasteiger partial charge in [0.2, 0.25) is 10.0 Å². The summed E-state index contributed by atoms with van der Waals surface area (Å²) in [4.78, 5) is 0.0981. The van der Waals surface area contributed by atoms with Gasteiger partial charge in [0.1, 0.15) is 0 Å². The molecule has 1 aliphatic carbocycles. The summed E-state index contributed by atoms with van der Waals surface area (Å²) >= 11 is 0. The van der Waals surface area contributed by atoms with E-state index in [0.29, 0.717) is 6.42 Å². The Labute approximate surface area is 107 Å². The Morgan fingerprint density at radius 2 is 1.89 bits per heavy atom. The quantitative estimate of drug-likeness (QED) is 0.761. The first kappa shape index (κ1) is 13.3. The number of benzene rings is 1. The summed E-state index contributed by atoms with van der Waals surface area (Å²) < 4.78 is 22.2. The number of nitrogens with two attached hydrogens (primary N) is 1. The van der Waals surface area contributed by atoms with Crippen LogP contribution in [0.1, 0.15) is 20.3 Å². The summed E-state index contributed by atoms with van der Waals surface area (Å²) in [6, 6.07) is 6.49. The number of nitrogens with one attached hydrogen (secondary N) is 1. The Morgan fingerprint density at radius 3 is 2.28 bits per heavy atom. The zero-order chi connectivity index (χ0) is 13.6. The van der Waals surface area contributed by atoms with Gasteiger partial charge in [-0.15, -0.1) is 0 Å². The second-order valence-electron chi connectivity index (χ2n) is 5.34. The van der Waals surface area contributed by atoms with Crippen molar-refractivity contribution in [2.75, 3.05) is 5.32 Å². The minimum absolute atomic E-state index is 0.0981. The van der Waals surface area contributed by atoms with Crippen molar-refractivity contribution in [3.05, 3.63) is 24.3 Å². The molecule has 0 spiro atoms. The largest absolute Gasteiger partial charge is 0.392 e. The molecule has 100 valence electrons. The lowest BCUT2D eigenvalue weighted by atomic mass is 9.64. The van der Waals surface area contributed by atoms with Crippen LogP contribution in [0.5, 0.6) is 0 Å². The molecule has 2 atom stereocenters. The van der Waals surface area contributed by atoms with Crippen LogP contribution < -0.4 is 10.5 Å². The molecule has 4 N–H and O–H groups in total. The molecule has 0 aromatic heterocycles. The summed E-state index contributed by atoms with van der Waals surface area (Å²) in [6.07, 6.45) is 0.405. The van der Waals surface area contributed by atoms with Crippen molar-refractivity contribution in [1.82, 2.24) is 0 Å². The summed E-state index contributed by atoms with van der Waals surface area (Å²) in [5, 5.41) is 17.9. The maximum atomic E-state index is 11.1. The predicted molar refractivity (Wildman–Crippen MR) is 69.6 cm³/mol. The highest BCUT2D eigenvalue weighted by molar-refractivity contribution is 7.89. The fourth-order valence-electron chi connectivity index (χ4n) is 2.09. The van der Waals surface area contributed by atoms with Crippen molar-refractivity contribution in [3.63, 3.8) is 0 Å². The van der Waals surface area contributed by atoms with Crippen molar-refractivity contribution < 1.29 is 13.5 Å². The smallest absolute Gasteiger partial charge is 0.238 e. The van der Waals surface area contributed by atoms with Gasteiger partial charge in [0.05, 0.1) is 11.0 Å². The Balaban J connectivity index is 2.09. The van der Waals surface area contributed by atoms with Crippen molar-refractivity contribution >= 4 is 15.7 Å². The highest BCUT2D eigenvalue weighted by atomic mass is 32.2. The monoisotopic (exact) mass is 270 g/mol. The number of rotatable bonds is 3. The maximum Gasteiger partial charge on any atom is 0.238 e. The first-order chi connectivity index (χ1) is 8.21. The second-order valence-corrected chi connectivity index (χ2v) is 6.90. The molecule has 0 bridgehead atoms. The molecule has 0 amide bonds. The van der Waals surface area contributed by atoms with E-state index in [1.165, 1.54) is 12.1 Å². The molecule has 0 radical (unpaired) electrons. The molecule has 6 heteroatoms. The van der Waals surface area contributed by atoms with Gasteiger partial charge in [0, 0.05) is 17.1 Å². The van der Waals surface area contributed by atoms with Crippen LogP contribution in [0.3, 0.4) is 0 Å².